The van der Waals surface area contributed by atoms with E-state index in [-0.39, 0.29) is 11.8 Å². The molecule has 7 heteroatoms. The van der Waals surface area contributed by atoms with Crippen molar-refractivity contribution in [1.82, 2.24) is 4.98 Å². The number of methoxy groups -OCH3 is 2. The number of pyridine rings is 1. The molecule has 0 radical (unpaired) electrons. The Balaban J connectivity index is 2.42. The monoisotopic (exact) mass is 353 g/mol. The first-order valence-corrected chi connectivity index (χ1v) is 7.92. The van der Waals surface area contributed by atoms with Crippen molar-refractivity contribution in [2.75, 3.05) is 31.9 Å². The van der Waals surface area contributed by atoms with Gasteiger partial charge in [-0.15, -0.1) is 0 Å². The van der Waals surface area contributed by atoms with E-state index in [1.807, 2.05) is 6.92 Å². The summed E-state index contributed by atoms with van der Waals surface area (Å²) in [6.45, 7) is 2.56. The van der Waals surface area contributed by atoms with Gasteiger partial charge in [-0.3, -0.25) is 0 Å². The van der Waals surface area contributed by atoms with Crippen LogP contribution < -0.4 is 15.8 Å². The predicted octanol–water partition coefficient (Wildman–Crippen LogP) is 3.97. The Morgan fingerprint density at radius 3 is 2.71 bits per heavy atom. The number of nitrogens with zero attached hydrogens (tertiary/aromatic N) is 1. The second kappa shape index (κ2) is 8.17. The SMILES string of the molecule is CCC(COC)Nc1nccc(-c2cc(F)c(OC)cc2Cl)c1N. The molecule has 0 saturated carbocycles. The molecule has 1 atom stereocenters. The van der Waals surface area contributed by atoms with E-state index >= 15 is 0 Å². The fourth-order valence-corrected chi connectivity index (χ4v) is 2.63. The van der Waals surface area contributed by atoms with E-state index in [0.29, 0.717) is 34.3 Å². The van der Waals surface area contributed by atoms with Crippen molar-refractivity contribution < 1.29 is 13.9 Å². The molecule has 2 rings (SSSR count). The van der Waals surface area contributed by atoms with E-state index in [2.05, 4.69) is 10.3 Å². The molecule has 130 valence electrons. The predicted molar refractivity (Wildman–Crippen MR) is 95.2 cm³/mol. The second-order valence-electron chi connectivity index (χ2n) is 5.29. The van der Waals surface area contributed by atoms with Crippen LogP contribution in [0.5, 0.6) is 5.75 Å². The Morgan fingerprint density at radius 1 is 1.33 bits per heavy atom. The molecule has 3 N–H and O–H groups in total. The summed E-state index contributed by atoms with van der Waals surface area (Å²) in [6.07, 6.45) is 2.45. The van der Waals surface area contributed by atoms with Crippen LogP contribution in [0.2, 0.25) is 5.02 Å². The average Bonchev–Trinajstić information content (AvgIpc) is 2.58. The number of hydrogen-bond acceptors (Lipinski definition) is 5. The number of rotatable bonds is 7. The molecule has 0 saturated heterocycles. The highest BCUT2D eigenvalue weighted by atomic mass is 35.5. The van der Waals surface area contributed by atoms with Gasteiger partial charge in [-0.05, 0) is 18.6 Å². The van der Waals surface area contributed by atoms with Crippen molar-refractivity contribution in [3.63, 3.8) is 0 Å². The van der Waals surface area contributed by atoms with Gasteiger partial charge in [0.05, 0.1) is 30.5 Å². The Hall–Kier alpha value is -2.05. The molecule has 0 aliphatic carbocycles. The normalized spacial score (nSPS) is 12.0. The van der Waals surface area contributed by atoms with Crippen LogP contribution in [0.25, 0.3) is 11.1 Å². The molecule has 1 heterocycles. The number of anilines is 2. The van der Waals surface area contributed by atoms with Crippen LogP contribution in [0.3, 0.4) is 0 Å². The number of halogens is 2. The van der Waals surface area contributed by atoms with Crippen molar-refractivity contribution in [2.45, 2.75) is 19.4 Å². The molecular formula is C17H21ClFN3O2. The number of hydrogen-bond donors (Lipinski definition) is 2. The van der Waals surface area contributed by atoms with Crippen molar-refractivity contribution in [1.29, 1.82) is 0 Å². The van der Waals surface area contributed by atoms with Crippen molar-refractivity contribution >= 4 is 23.1 Å². The fraction of sp³-hybridized carbons (Fsp3) is 0.353. The van der Waals surface area contributed by atoms with E-state index in [1.54, 1.807) is 19.4 Å². The molecule has 24 heavy (non-hydrogen) atoms. The highest BCUT2D eigenvalue weighted by Gasteiger charge is 2.16. The Kier molecular flexibility index (Phi) is 6.23. The minimum absolute atomic E-state index is 0.0723. The van der Waals surface area contributed by atoms with Crippen LogP contribution in [0.1, 0.15) is 13.3 Å². The second-order valence-corrected chi connectivity index (χ2v) is 5.70. The lowest BCUT2D eigenvalue weighted by Crippen LogP contribution is -2.25. The summed E-state index contributed by atoms with van der Waals surface area (Å²) in [5, 5.41) is 3.59. The maximum atomic E-state index is 14.0. The van der Waals surface area contributed by atoms with Gasteiger partial charge in [0.15, 0.2) is 11.6 Å². The molecule has 0 aliphatic rings. The summed E-state index contributed by atoms with van der Waals surface area (Å²) in [7, 11) is 3.02. The third-order valence-corrected chi connectivity index (χ3v) is 4.04. The molecule has 0 spiro atoms. The quantitative estimate of drug-likeness (QED) is 0.788. The zero-order valence-electron chi connectivity index (χ0n) is 13.9. The van der Waals surface area contributed by atoms with Gasteiger partial charge in [-0.1, -0.05) is 18.5 Å². The van der Waals surface area contributed by atoms with Crippen LogP contribution in [0.15, 0.2) is 24.4 Å². The fourth-order valence-electron chi connectivity index (χ4n) is 2.37. The third-order valence-electron chi connectivity index (χ3n) is 3.72. The first-order chi connectivity index (χ1) is 11.5. The number of nitrogens with one attached hydrogen (secondary N) is 1. The lowest BCUT2D eigenvalue weighted by atomic mass is 10.0. The number of aromatic nitrogens is 1. The minimum atomic E-state index is -0.506. The summed E-state index contributed by atoms with van der Waals surface area (Å²) in [5.41, 5.74) is 7.71. The minimum Gasteiger partial charge on any atom is -0.494 e. The van der Waals surface area contributed by atoms with Crippen LogP contribution in [0.4, 0.5) is 15.9 Å². The smallest absolute Gasteiger partial charge is 0.165 e. The van der Waals surface area contributed by atoms with Crippen LogP contribution >= 0.6 is 11.6 Å². The summed E-state index contributed by atoms with van der Waals surface area (Å²) in [4.78, 5) is 4.27. The number of ether oxygens (including phenoxy) is 2. The molecule has 0 amide bonds. The van der Waals surface area contributed by atoms with Crippen molar-refractivity contribution in [2.24, 2.45) is 0 Å². The van der Waals surface area contributed by atoms with Gasteiger partial charge >= 0.3 is 0 Å². The number of nitrogen functional groups attached to an aromatic ring is 1. The van der Waals surface area contributed by atoms with Crippen LogP contribution in [-0.2, 0) is 4.74 Å². The molecule has 1 unspecified atom stereocenters. The number of nitrogens with two attached hydrogens (primary N) is 1. The van der Waals surface area contributed by atoms with E-state index in [0.717, 1.165) is 6.42 Å². The Morgan fingerprint density at radius 2 is 2.08 bits per heavy atom. The van der Waals surface area contributed by atoms with Crippen LogP contribution in [-0.4, -0.2) is 31.9 Å². The molecule has 1 aromatic heterocycles. The Labute approximate surface area is 145 Å². The first-order valence-electron chi connectivity index (χ1n) is 7.55. The topological polar surface area (TPSA) is 69.4 Å². The molecular weight excluding hydrogens is 333 g/mol. The lowest BCUT2D eigenvalue weighted by Gasteiger charge is -2.19. The summed E-state index contributed by atoms with van der Waals surface area (Å²) >= 11 is 6.26. The Bertz CT molecular complexity index is 712. The summed E-state index contributed by atoms with van der Waals surface area (Å²) in [6, 6.07) is 4.51. The lowest BCUT2D eigenvalue weighted by molar-refractivity contribution is 0.184. The average molecular weight is 354 g/mol. The molecule has 1 aromatic carbocycles. The zero-order valence-corrected chi connectivity index (χ0v) is 14.7. The van der Waals surface area contributed by atoms with Crippen LogP contribution in [0, 0.1) is 5.82 Å². The largest absolute Gasteiger partial charge is 0.494 e. The standard InChI is InChI=1S/C17H21ClFN3O2/c1-4-10(9-23-2)22-17-16(20)11(5-6-21-17)12-7-14(19)15(24-3)8-13(12)18/h5-8,10H,4,9,20H2,1-3H3,(H,21,22). The van der Waals surface area contributed by atoms with Gasteiger partial charge < -0.3 is 20.5 Å². The van der Waals surface area contributed by atoms with Gasteiger partial charge in [0.1, 0.15) is 5.82 Å². The van der Waals surface area contributed by atoms with Crippen molar-refractivity contribution in [3.8, 4) is 16.9 Å². The molecule has 5 nitrogen and oxygen atoms in total. The van der Waals surface area contributed by atoms with Gasteiger partial charge in [0.2, 0.25) is 0 Å². The van der Waals surface area contributed by atoms with E-state index in [4.69, 9.17) is 26.8 Å². The third kappa shape index (κ3) is 3.88. The van der Waals surface area contributed by atoms with Crippen molar-refractivity contribution in [3.05, 3.63) is 35.2 Å². The zero-order chi connectivity index (χ0) is 17.7. The highest BCUT2D eigenvalue weighted by Crippen LogP contribution is 2.38. The highest BCUT2D eigenvalue weighted by molar-refractivity contribution is 6.33. The summed E-state index contributed by atoms with van der Waals surface area (Å²) in [5.74, 6) is 0.0954. The first kappa shape index (κ1) is 18.3. The van der Waals surface area contributed by atoms with E-state index in [9.17, 15) is 4.39 Å². The van der Waals surface area contributed by atoms with Gasteiger partial charge in [0.25, 0.3) is 0 Å². The van der Waals surface area contributed by atoms with E-state index in [1.165, 1.54) is 19.2 Å². The molecule has 2 aromatic rings. The van der Waals surface area contributed by atoms with Gasteiger partial charge in [0, 0.05) is 30.5 Å². The van der Waals surface area contributed by atoms with E-state index < -0.39 is 5.82 Å². The van der Waals surface area contributed by atoms with Gasteiger partial charge in [-0.25, -0.2) is 9.37 Å². The molecule has 0 bridgehead atoms. The maximum absolute atomic E-state index is 14.0. The van der Waals surface area contributed by atoms with Gasteiger partial charge in [-0.2, -0.15) is 0 Å². The maximum Gasteiger partial charge on any atom is 0.165 e. The molecule has 0 fully saturated rings. The number of benzene rings is 1. The molecule has 0 aliphatic heterocycles. The summed E-state index contributed by atoms with van der Waals surface area (Å²) < 4.78 is 24.1.